The van der Waals surface area contributed by atoms with Crippen molar-refractivity contribution < 1.29 is 14.1 Å². The second kappa shape index (κ2) is 8.11. The minimum absolute atomic E-state index is 0.226. The van der Waals surface area contributed by atoms with E-state index in [2.05, 4.69) is 30.7 Å². The van der Waals surface area contributed by atoms with Gasteiger partial charge in [-0.3, -0.25) is 4.21 Å². The first-order valence-corrected chi connectivity index (χ1v) is 12.1. The van der Waals surface area contributed by atoms with E-state index in [0.29, 0.717) is 17.4 Å². The number of anilines is 2. The van der Waals surface area contributed by atoms with Crippen LogP contribution in [-0.4, -0.2) is 31.1 Å². The Morgan fingerprint density at radius 2 is 1.90 bits per heavy atom. The van der Waals surface area contributed by atoms with E-state index in [1.807, 2.05) is 30.3 Å². The molecule has 0 bridgehead atoms. The Morgan fingerprint density at radius 1 is 1.19 bits per heavy atom. The van der Waals surface area contributed by atoms with Gasteiger partial charge in [-0.05, 0) is 73.1 Å². The molecule has 6 nitrogen and oxygen atoms in total. The number of hydrogen-bond donors (Lipinski definition) is 2. The number of nitrogens with one attached hydrogen (secondary N) is 1. The van der Waals surface area contributed by atoms with Gasteiger partial charge in [0.1, 0.15) is 0 Å². The molecule has 164 valence electrons. The van der Waals surface area contributed by atoms with E-state index in [0.717, 1.165) is 28.9 Å². The van der Waals surface area contributed by atoms with Gasteiger partial charge < -0.3 is 15.0 Å². The number of aromatic carboxylic acids is 1. The van der Waals surface area contributed by atoms with Gasteiger partial charge in [0.05, 0.1) is 16.6 Å². The maximum atomic E-state index is 11.7. The van der Waals surface area contributed by atoms with E-state index in [1.165, 1.54) is 6.42 Å². The van der Waals surface area contributed by atoms with Gasteiger partial charge in [0.2, 0.25) is 5.95 Å². The lowest BCUT2D eigenvalue weighted by molar-refractivity contribution is 0.0697. The molecule has 1 saturated carbocycles. The van der Waals surface area contributed by atoms with Gasteiger partial charge >= 0.3 is 5.97 Å². The molecule has 1 heterocycles. The van der Waals surface area contributed by atoms with E-state index in [9.17, 15) is 14.1 Å². The fraction of sp³-hybridized carbons (Fsp3) is 0.417. The smallest absolute Gasteiger partial charge is 0.335 e. The van der Waals surface area contributed by atoms with Crippen molar-refractivity contribution in [3.63, 3.8) is 0 Å². The third-order valence-corrected chi connectivity index (χ3v) is 7.04. The van der Waals surface area contributed by atoms with Crippen LogP contribution in [0.5, 0.6) is 0 Å². The zero-order chi connectivity index (χ0) is 22.3. The fourth-order valence-corrected chi connectivity index (χ4v) is 5.56. The second-order valence-corrected chi connectivity index (χ2v) is 10.9. The number of carbonyl (C=O) groups is 1. The van der Waals surface area contributed by atoms with Crippen molar-refractivity contribution in [3.05, 3.63) is 48.0 Å². The molecule has 0 radical (unpaired) electrons. The molecule has 1 fully saturated rings. The summed E-state index contributed by atoms with van der Waals surface area (Å²) in [4.78, 5) is 17.0. The summed E-state index contributed by atoms with van der Waals surface area (Å²) in [5.74, 6) is 0.343. The summed E-state index contributed by atoms with van der Waals surface area (Å²) in [6.07, 6.45) is 4.94. The highest BCUT2D eigenvalue weighted by Crippen LogP contribution is 2.46. The van der Waals surface area contributed by atoms with Gasteiger partial charge in [0.25, 0.3) is 0 Å². The van der Waals surface area contributed by atoms with E-state index >= 15 is 0 Å². The average Bonchev–Trinajstić information content (AvgIpc) is 3.03. The van der Waals surface area contributed by atoms with Crippen LogP contribution in [0.4, 0.5) is 11.6 Å². The van der Waals surface area contributed by atoms with Crippen molar-refractivity contribution in [3.8, 4) is 0 Å². The third kappa shape index (κ3) is 4.51. The number of hydrogen-bond acceptors (Lipinski definition) is 4. The van der Waals surface area contributed by atoms with Crippen LogP contribution in [0.3, 0.4) is 0 Å². The van der Waals surface area contributed by atoms with Crippen molar-refractivity contribution in [2.75, 3.05) is 11.6 Å². The first-order valence-electron chi connectivity index (χ1n) is 10.6. The van der Waals surface area contributed by atoms with E-state index < -0.39 is 16.8 Å². The lowest BCUT2D eigenvalue weighted by Gasteiger charge is -2.40. The minimum Gasteiger partial charge on any atom is -0.478 e. The van der Waals surface area contributed by atoms with Crippen molar-refractivity contribution in [1.29, 1.82) is 0 Å². The van der Waals surface area contributed by atoms with Gasteiger partial charge in [-0.2, -0.15) is 0 Å². The SMILES string of the molecule is CC1C[C@@H](n2c(Nc3ccc(S(C)=O)cc3)nc3cc(C(=O)O)ccc32)CC(C)(C)C1. The predicted octanol–water partition coefficient (Wildman–Crippen LogP) is 5.60. The zero-order valence-electron chi connectivity index (χ0n) is 18.4. The van der Waals surface area contributed by atoms with Crippen LogP contribution in [0.1, 0.15) is 56.4 Å². The highest BCUT2D eigenvalue weighted by atomic mass is 32.2. The molecule has 0 amide bonds. The highest BCUT2D eigenvalue weighted by molar-refractivity contribution is 7.84. The molecule has 0 saturated heterocycles. The molecule has 0 aliphatic heterocycles. The molecule has 1 aromatic heterocycles. The molecule has 2 N–H and O–H groups in total. The lowest BCUT2D eigenvalue weighted by Crippen LogP contribution is -2.29. The number of aromatic nitrogens is 2. The molecular weight excluding hydrogens is 410 g/mol. The van der Waals surface area contributed by atoms with Crippen LogP contribution >= 0.6 is 0 Å². The molecule has 7 heteroatoms. The maximum absolute atomic E-state index is 11.7. The predicted molar refractivity (Wildman–Crippen MR) is 125 cm³/mol. The van der Waals surface area contributed by atoms with Crippen LogP contribution in [0.25, 0.3) is 11.0 Å². The Morgan fingerprint density at radius 3 is 2.52 bits per heavy atom. The van der Waals surface area contributed by atoms with E-state index in [-0.39, 0.29) is 17.0 Å². The van der Waals surface area contributed by atoms with Gasteiger partial charge in [0, 0.05) is 33.7 Å². The third-order valence-electron chi connectivity index (χ3n) is 6.11. The summed E-state index contributed by atoms with van der Waals surface area (Å²) in [5.41, 5.74) is 2.92. The number of benzene rings is 2. The lowest BCUT2D eigenvalue weighted by atomic mass is 9.70. The monoisotopic (exact) mass is 439 g/mol. The summed E-state index contributed by atoms with van der Waals surface area (Å²) >= 11 is 0. The van der Waals surface area contributed by atoms with Crippen LogP contribution in [0.2, 0.25) is 0 Å². The topological polar surface area (TPSA) is 84.2 Å². The van der Waals surface area contributed by atoms with E-state index in [4.69, 9.17) is 4.98 Å². The summed E-state index contributed by atoms with van der Waals surface area (Å²) in [5, 5.41) is 12.8. The summed E-state index contributed by atoms with van der Waals surface area (Å²) < 4.78 is 13.9. The zero-order valence-corrected chi connectivity index (χ0v) is 19.2. The molecule has 0 spiro atoms. The minimum atomic E-state index is -1.03. The van der Waals surface area contributed by atoms with Crippen molar-refractivity contribution in [2.45, 2.75) is 51.0 Å². The van der Waals surface area contributed by atoms with Crippen molar-refractivity contribution in [2.24, 2.45) is 11.3 Å². The molecule has 2 aromatic carbocycles. The quantitative estimate of drug-likeness (QED) is 0.540. The Labute approximate surface area is 185 Å². The van der Waals surface area contributed by atoms with Gasteiger partial charge in [-0.1, -0.05) is 20.8 Å². The summed E-state index contributed by atoms with van der Waals surface area (Å²) in [7, 11) is -1.03. The second-order valence-electron chi connectivity index (χ2n) is 9.48. The van der Waals surface area contributed by atoms with E-state index in [1.54, 1.807) is 18.4 Å². The first-order chi connectivity index (χ1) is 14.6. The van der Waals surface area contributed by atoms with Crippen molar-refractivity contribution in [1.82, 2.24) is 9.55 Å². The molecule has 2 unspecified atom stereocenters. The number of rotatable bonds is 5. The molecular formula is C24H29N3O3S. The van der Waals surface area contributed by atoms with Crippen LogP contribution in [0, 0.1) is 11.3 Å². The number of carboxylic acids is 1. The van der Waals surface area contributed by atoms with Crippen LogP contribution in [-0.2, 0) is 10.8 Å². The largest absolute Gasteiger partial charge is 0.478 e. The molecule has 3 atom stereocenters. The average molecular weight is 440 g/mol. The maximum Gasteiger partial charge on any atom is 0.335 e. The Kier molecular flexibility index (Phi) is 5.64. The first kappa shape index (κ1) is 21.6. The Hall–Kier alpha value is -2.67. The summed E-state index contributed by atoms with van der Waals surface area (Å²) in [6.45, 7) is 6.92. The molecule has 1 aliphatic rings. The molecule has 3 aromatic rings. The van der Waals surface area contributed by atoms with Gasteiger partial charge in [0.15, 0.2) is 0 Å². The Bertz CT molecular complexity index is 1150. The molecule has 4 rings (SSSR count). The van der Waals surface area contributed by atoms with Gasteiger partial charge in [-0.25, -0.2) is 9.78 Å². The molecule has 31 heavy (non-hydrogen) atoms. The Balaban J connectivity index is 1.79. The standard InChI is InChI=1S/C24H29N3O3S/c1-15-11-18(14-24(2,3)13-15)27-21-10-5-16(22(28)29)12-20(21)26-23(27)25-17-6-8-19(9-7-17)31(4)30/h5-10,12,15,18H,11,13-14H2,1-4H3,(H,25,26)(H,28,29)/t15?,18-,31?/m1/s1. The number of fused-ring (bicyclic) bond motifs is 1. The highest BCUT2D eigenvalue weighted by Gasteiger charge is 2.34. The van der Waals surface area contributed by atoms with Crippen molar-refractivity contribution >= 4 is 39.4 Å². The number of imidazole rings is 1. The van der Waals surface area contributed by atoms with Crippen LogP contribution in [0.15, 0.2) is 47.4 Å². The number of nitrogens with zero attached hydrogens (tertiary/aromatic N) is 2. The summed E-state index contributed by atoms with van der Waals surface area (Å²) in [6, 6.07) is 12.9. The number of carboxylic acid groups (broad SMARTS) is 1. The molecule has 1 aliphatic carbocycles. The van der Waals surface area contributed by atoms with Gasteiger partial charge in [-0.15, -0.1) is 0 Å². The fourth-order valence-electron chi connectivity index (χ4n) is 5.04. The normalized spacial score (nSPS) is 21.7. The van der Waals surface area contributed by atoms with Crippen LogP contribution < -0.4 is 5.32 Å².